The van der Waals surface area contributed by atoms with Gasteiger partial charge in [-0.1, -0.05) is 6.42 Å². The Morgan fingerprint density at radius 3 is 2.20 bits per heavy atom. The third kappa shape index (κ3) is 2.31. The minimum absolute atomic E-state index is 0.0319. The van der Waals surface area contributed by atoms with Crippen LogP contribution in [0.1, 0.15) is 32.1 Å². The lowest BCUT2D eigenvalue weighted by Gasteiger charge is -2.27. The Morgan fingerprint density at radius 2 is 1.87 bits per heavy atom. The summed E-state index contributed by atoms with van der Waals surface area (Å²) in [5.41, 5.74) is 0. The second-order valence-electron chi connectivity index (χ2n) is 4.39. The Hall–Kier alpha value is -0.620. The summed E-state index contributed by atoms with van der Waals surface area (Å²) in [5.74, 6) is -1.40. The van der Waals surface area contributed by atoms with Crippen LogP contribution in [0.5, 0.6) is 0 Å². The number of sulfonamides is 1. The van der Waals surface area contributed by atoms with E-state index in [4.69, 9.17) is 5.11 Å². The van der Waals surface area contributed by atoms with Gasteiger partial charge in [-0.25, -0.2) is 13.1 Å². The number of hydrogen-bond donors (Lipinski definition) is 2. The van der Waals surface area contributed by atoms with Crippen LogP contribution >= 0.6 is 0 Å². The van der Waals surface area contributed by atoms with Crippen molar-refractivity contribution in [2.45, 2.75) is 43.4 Å². The van der Waals surface area contributed by atoms with Gasteiger partial charge in [-0.3, -0.25) is 4.79 Å². The maximum absolute atomic E-state index is 11.8. The van der Waals surface area contributed by atoms with Crippen molar-refractivity contribution in [2.75, 3.05) is 0 Å². The number of rotatable bonds is 5. The number of carboxylic acid groups (broad SMARTS) is 1. The van der Waals surface area contributed by atoms with Crippen LogP contribution in [0.15, 0.2) is 0 Å². The second-order valence-corrected chi connectivity index (χ2v) is 6.22. The molecule has 2 saturated carbocycles. The highest BCUT2D eigenvalue weighted by Gasteiger charge is 2.46. The molecule has 0 heterocycles. The Labute approximate surface area is 88.9 Å². The average Bonchev–Trinajstić information content (AvgIpc) is 2.80. The fourth-order valence-corrected chi connectivity index (χ4v) is 3.71. The van der Waals surface area contributed by atoms with Crippen molar-refractivity contribution in [1.29, 1.82) is 0 Å². The van der Waals surface area contributed by atoms with Crippen LogP contribution in [-0.4, -0.2) is 30.8 Å². The Kier molecular flexibility index (Phi) is 2.72. The summed E-state index contributed by atoms with van der Waals surface area (Å²) in [6, 6.07) is -0.0319. The molecule has 2 fully saturated rings. The highest BCUT2D eigenvalue weighted by Crippen LogP contribution is 2.36. The molecule has 0 amide bonds. The van der Waals surface area contributed by atoms with Gasteiger partial charge in [0, 0.05) is 6.04 Å². The molecule has 2 aliphatic carbocycles. The van der Waals surface area contributed by atoms with Gasteiger partial charge >= 0.3 is 5.97 Å². The lowest BCUT2D eigenvalue weighted by molar-refractivity contribution is -0.136. The van der Waals surface area contributed by atoms with Crippen molar-refractivity contribution < 1.29 is 18.3 Å². The molecule has 0 radical (unpaired) electrons. The van der Waals surface area contributed by atoms with Crippen LogP contribution < -0.4 is 4.72 Å². The first-order valence-electron chi connectivity index (χ1n) is 5.24. The third-order valence-electron chi connectivity index (χ3n) is 3.06. The van der Waals surface area contributed by atoms with Gasteiger partial charge in [0.2, 0.25) is 10.0 Å². The summed E-state index contributed by atoms with van der Waals surface area (Å²) in [4.78, 5) is 10.9. The van der Waals surface area contributed by atoms with Crippen molar-refractivity contribution in [3.8, 4) is 0 Å². The van der Waals surface area contributed by atoms with E-state index in [9.17, 15) is 13.2 Å². The summed E-state index contributed by atoms with van der Waals surface area (Å²) < 4.78 is 26.0. The second kappa shape index (κ2) is 3.75. The van der Waals surface area contributed by atoms with Gasteiger partial charge in [0.15, 0.2) is 5.25 Å². The summed E-state index contributed by atoms with van der Waals surface area (Å²) in [5, 5.41) is 7.67. The van der Waals surface area contributed by atoms with Crippen LogP contribution in [0.2, 0.25) is 0 Å². The lowest BCUT2D eigenvalue weighted by Crippen LogP contribution is -2.47. The fraction of sp³-hybridized carbons (Fsp3) is 0.889. The van der Waals surface area contributed by atoms with E-state index < -0.39 is 21.2 Å². The third-order valence-corrected chi connectivity index (χ3v) is 4.98. The molecular weight excluding hydrogens is 218 g/mol. The topological polar surface area (TPSA) is 83.5 Å². The number of carbonyl (C=O) groups is 1. The number of carboxylic acids is 1. The van der Waals surface area contributed by atoms with Crippen LogP contribution in [0.25, 0.3) is 0 Å². The van der Waals surface area contributed by atoms with Gasteiger partial charge < -0.3 is 5.11 Å². The zero-order valence-electron chi connectivity index (χ0n) is 8.35. The van der Waals surface area contributed by atoms with E-state index in [1.165, 1.54) is 0 Å². The summed E-state index contributed by atoms with van der Waals surface area (Å²) in [7, 11) is -3.67. The normalized spacial score (nSPS) is 24.5. The van der Waals surface area contributed by atoms with Crippen molar-refractivity contribution in [2.24, 2.45) is 5.92 Å². The van der Waals surface area contributed by atoms with E-state index in [0.717, 1.165) is 19.3 Å². The van der Waals surface area contributed by atoms with Crippen LogP contribution in [0, 0.1) is 5.92 Å². The van der Waals surface area contributed by atoms with Crippen LogP contribution in [0.4, 0.5) is 0 Å². The average molecular weight is 233 g/mol. The standard InChI is InChI=1S/C9H15NO4S/c11-9(12)8(6-4-5-6)15(13,14)10-7-2-1-3-7/h6-8,10H,1-5H2,(H,11,12). The van der Waals surface area contributed by atoms with Gasteiger partial charge in [0.25, 0.3) is 0 Å². The fourth-order valence-electron chi connectivity index (χ4n) is 1.82. The first kappa shape index (κ1) is 10.9. The Bertz CT molecular complexity index is 356. The molecule has 1 atom stereocenters. The molecule has 6 heteroatoms. The van der Waals surface area contributed by atoms with E-state index in [1.54, 1.807) is 0 Å². The molecule has 2 rings (SSSR count). The van der Waals surface area contributed by atoms with Crippen LogP contribution in [0.3, 0.4) is 0 Å². The number of nitrogens with one attached hydrogen (secondary N) is 1. The monoisotopic (exact) mass is 233 g/mol. The smallest absolute Gasteiger partial charge is 0.323 e. The maximum Gasteiger partial charge on any atom is 0.323 e. The maximum atomic E-state index is 11.8. The van der Waals surface area contributed by atoms with E-state index in [2.05, 4.69) is 4.72 Å². The lowest BCUT2D eigenvalue weighted by atomic mass is 9.94. The Balaban J connectivity index is 2.06. The molecule has 1 unspecified atom stereocenters. The Morgan fingerprint density at radius 1 is 1.27 bits per heavy atom. The zero-order valence-corrected chi connectivity index (χ0v) is 9.16. The number of hydrogen-bond acceptors (Lipinski definition) is 3. The molecule has 15 heavy (non-hydrogen) atoms. The van der Waals surface area contributed by atoms with Crippen molar-refractivity contribution >= 4 is 16.0 Å². The SMILES string of the molecule is O=C(O)C(C1CC1)S(=O)(=O)NC1CCC1. The predicted molar refractivity (Wildman–Crippen MR) is 53.8 cm³/mol. The summed E-state index contributed by atoms with van der Waals surface area (Å²) >= 11 is 0. The summed E-state index contributed by atoms with van der Waals surface area (Å²) in [6.07, 6.45) is 4.10. The van der Waals surface area contributed by atoms with Gasteiger partial charge in [0.05, 0.1) is 0 Å². The van der Waals surface area contributed by atoms with Crippen LogP contribution in [-0.2, 0) is 14.8 Å². The highest BCUT2D eigenvalue weighted by atomic mass is 32.2. The van der Waals surface area contributed by atoms with E-state index in [0.29, 0.717) is 12.8 Å². The summed E-state index contributed by atoms with van der Waals surface area (Å²) in [6.45, 7) is 0. The molecule has 5 nitrogen and oxygen atoms in total. The van der Waals surface area contributed by atoms with E-state index in [1.807, 2.05) is 0 Å². The predicted octanol–water partition coefficient (Wildman–Crippen LogP) is 0.322. The van der Waals surface area contributed by atoms with Crippen molar-refractivity contribution in [3.05, 3.63) is 0 Å². The quantitative estimate of drug-likeness (QED) is 0.716. The highest BCUT2D eigenvalue weighted by molar-refractivity contribution is 7.90. The molecule has 0 spiro atoms. The first-order valence-corrected chi connectivity index (χ1v) is 6.79. The van der Waals surface area contributed by atoms with Gasteiger partial charge in [-0.15, -0.1) is 0 Å². The molecule has 0 aliphatic heterocycles. The minimum Gasteiger partial charge on any atom is -0.480 e. The molecule has 2 aliphatic rings. The first-order chi connectivity index (χ1) is 7.00. The van der Waals surface area contributed by atoms with Gasteiger partial charge in [-0.2, -0.15) is 0 Å². The van der Waals surface area contributed by atoms with E-state index >= 15 is 0 Å². The molecular formula is C9H15NO4S. The molecule has 0 aromatic carbocycles. The molecule has 2 N–H and O–H groups in total. The zero-order chi connectivity index (χ0) is 11.1. The van der Waals surface area contributed by atoms with Crippen molar-refractivity contribution in [1.82, 2.24) is 4.72 Å². The minimum atomic E-state index is -3.67. The van der Waals surface area contributed by atoms with Gasteiger partial charge in [-0.05, 0) is 31.6 Å². The van der Waals surface area contributed by atoms with Gasteiger partial charge in [0.1, 0.15) is 0 Å². The molecule has 0 saturated heterocycles. The molecule has 0 aromatic rings. The van der Waals surface area contributed by atoms with Crippen molar-refractivity contribution in [3.63, 3.8) is 0 Å². The molecule has 86 valence electrons. The molecule has 0 aromatic heterocycles. The van der Waals surface area contributed by atoms with E-state index in [-0.39, 0.29) is 12.0 Å². The largest absolute Gasteiger partial charge is 0.480 e. The molecule has 0 bridgehead atoms. The number of aliphatic carboxylic acids is 1.